The van der Waals surface area contributed by atoms with Gasteiger partial charge in [-0.3, -0.25) is 9.69 Å². The highest BCUT2D eigenvalue weighted by atomic mass is 32.1. The van der Waals surface area contributed by atoms with Crippen molar-refractivity contribution in [2.75, 3.05) is 11.9 Å². The van der Waals surface area contributed by atoms with Crippen molar-refractivity contribution in [2.24, 2.45) is 0 Å². The van der Waals surface area contributed by atoms with E-state index in [1.165, 1.54) is 0 Å². The van der Waals surface area contributed by atoms with E-state index in [4.69, 9.17) is 0 Å². The second kappa shape index (κ2) is 4.33. The Morgan fingerprint density at radius 3 is 2.93 bits per heavy atom. The molecule has 1 aromatic rings. The van der Waals surface area contributed by atoms with Gasteiger partial charge in [0, 0.05) is 12.6 Å². The van der Waals surface area contributed by atoms with Crippen LogP contribution in [0.15, 0.2) is 17.5 Å². The fourth-order valence-electron chi connectivity index (χ4n) is 1.86. The molecule has 3 nitrogen and oxygen atoms in total. The molecule has 15 heavy (non-hydrogen) atoms. The largest absolute Gasteiger partial charge is 0.316 e. The van der Waals surface area contributed by atoms with E-state index in [-0.39, 0.29) is 11.9 Å². The van der Waals surface area contributed by atoms with Crippen molar-refractivity contribution >= 4 is 22.2 Å². The van der Waals surface area contributed by atoms with Crippen LogP contribution in [0, 0.1) is 0 Å². The van der Waals surface area contributed by atoms with Gasteiger partial charge in [-0.2, -0.15) is 0 Å². The lowest BCUT2D eigenvalue weighted by Crippen LogP contribution is -2.56. The first-order chi connectivity index (χ1) is 7.18. The smallest absolute Gasteiger partial charge is 0.242 e. The minimum absolute atomic E-state index is 0.0760. The van der Waals surface area contributed by atoms with Gasteiger partial charge < -0.3 is 5.32 Å². The Balaban J connectivity index is 1.92. The third kappa shape index (κ3) is 2.21. The Morgan fingerprint density at radius 2 is 2.47 bits per heavy atom. The summed E-state index contributed by atoms with van der Waals surface area (Å²) < 4.78 is 0. The third-order valence-corrected chi connectivity index (χ3v) is 3.58. The number of nitrogens with zero attached hydrogens (tertiary/aromatic N) is 1. The van der Waals surface area contributed by atoms with Crippen LogP contribution < -0.4 is 5.32 Å². The molecule has 1 N–H and O–H groups in total. The zero-order valence-corrected chi connectivity index (χ0v) is 9.88. The maximum atomic E-state index is 11.9. The Bertz CT molecular complexity index is 334. The van der Waals surface area contributed by atoms with Crippen molar-refractivity contribution in [3.8, 4) is 0 Å². The van der Waals surface area contributed by atoms with E-state index in [2.05, 4.69) is 24.1 Å². The number of thiophene rings is 1. The van der Waals surface area contributed by atoms with E-state index in [9.17, 15) is 4.79 Å². The summed E-state index contributed by atoms with van der Waals surface area (Å²) in [6, 6.07) is 4.41. The maximum absolute atomic E-state index is 11.9. The van der Waals surface area contributed by atoms with Crippen molar-refractivity contribution in [2.45, 2.75) is 32.4 Å². The number of rotatable bonds is 3. The minimum atomic E-state index is 0.0760. The molecule has 2 rings (SSSR count). The van der Waals surface area contributed by atoms with Gasteiger partial charge in [-0.25, -0.2) is 0 Å². The number of anilines is 1. The average molecular weight is 224 g/mol. The van der Waals surface area contributed by atoms with Gasteiger partial charge in [0.05, 0.1) is 11.0 Å². The van der Waals surface area contributed by atoms with Gasteiger partial charge in [-0.05, 0) is 37.8 Å². The number of nitrogens with one attached hydrogen (secondary N) is 1. The molecule has 1 aliphatic heterocycles. The fraction of sp³-hybridized carbons (Fsp3) is 0.545. The Morgan fingerprint density at radius 1 is 1.67 bits per heavy atom. The molecule has 1 saturated heterocycles. The summed E-state index contributed by atoms with van der Waals surface area (Å²) in [5, 5.41) is 5.86. The van der Waals surface area contributed by atoms with Crippen LogP contribution in [0.1, 0.15) is 20.3 Å². The average Bonchev–Trinajstić information content (AvgIpc) is 2.52. The second-order valence-corrected chi connectivity index (χ2v) is 5.05. The molecule has 1 aromatic heterocycles. The molecule has 0 aromatic carbocycles. The Hall–Kier alpha value is -0.870. The fourth-order valence-corrected chi connectivity index (χ4v) is 2.48. The second-order valence-electron chi connectivity index (χ2n) is 4.10. The lowest BCUT2D eigenvalue weighted by atomic mass is 10.00. The molecule has 1 amide bonds. The van der Waals surface area contributed by atoms with Gasteiger partial charge in [0.15, 0.2) is 0 Å². The molecule has 0 saturated carbocycles. The molecule has 0 radical (unpaired) electrons. The Labute approximate surface area is 94.1 Å². The van der Waals surface area contributed by atoms with E-state index >= 15 is 0 Å². The van der Waals surface area contributed by atoms with Crippen LogP contribution in [0.4, 0.5) is 5.00 Å². The number of amides is 1. The van der Waals surface area contributed by atoms with Gasteiger partial charge >= 0.3 is 0 Å². The van der Waals surface area contributed by atoms with Crippen molar-refractivity contribution in [1.82, 2.24) is 4.90 Å². The SMILES string of the molecule is CC(C)N1CC[C@H]1C(=O)Nc1cccs1. The van der Waals surface area contributed by atoms with Gasteiger partial charge in [-0.1, -0.05) is 0 Å². The lowest BCUT2D eigenvalue weighted by Gasteiger charge is -2.42. The molecule has 0 unspecified atom stereocenters. The van der Waals surface area contributed by atoms with Gasteiger partial charge in [0.25, 0.3) is 0 Å². The van der Waals surface area contributed by atoms with Crippen LogP contribution in [0.5, 0.6) is 0 Å². The normalized spacial score (nSPS) is 21.4. The highest BCUT2D eigenvalue weighted by Gasteiger charge is 2.35. The number of hydrogen-bond donors (Lipinski definition) is 1. The summed E-state index contributed by atoms with van der Waals surface area (Å²) in [6.45, 7) is 5.30. The van der Waals surface area contributed by atoms with Crippen molar-refractivity contribution in [1.29, 1.82) is 0 Å². The molecule has 4 heteroatoms. The van der Waals surface area contributed by atoms with E-state index in [0.29, 0.717) is 6.04 Å². The molecule has 2 heterocycles. The van der Waals surface area contributed by atoms with Crippen LogP contribution in [0.2, 0.25) is 0 Å². The summed E-state index contributed by atoms with van der Waals surface area (Å²) in [7, 11) is 0. The molecule has 0 spiro atoms. The lowest BCUT2D eigenvalue weighted by molar-refractivity contribution is -0.126. The van der Waals surface area contributed by atoms with Gasteiger partial charge in [0.1, 0.15) is 0 Å². The maximum Gasteiger partial charge on any atom is 0.242 e. The highest BCUT2D eigenvalue weighted by molar-refractivity contribution is 7.14. The minimum Gasteiger partial charge on any atom is -0.316 e. The monoisotopic (exact) mass is 224 g/mol. The van der Waals surface area contributed by atoms with E-state index < -0.39 is 0 Å². The van der Waals surface area contributed by atoms with E-state index in [1.54, 1.807) is 11.3 Å². The molecule has 82 valence electrons. The van der Waals surface area contributed by atoms with Gasteiger partial charge in [0.2, 0.25) is 5.91 Å². The molecule has 1 fully saturated rings. The van der Waals surface area contributed by atoms with Crippen molar-refractivity contribution in [3.05, 3.63) is 17.5 Å². The quantitative estimate of drug-likeness (QED) is 0.853. The number of carbonyl (C=O) groups excluding carboxylic acids is 1. The molecular weight excluding hydrogens is 208 g/mol. The van der Waals surface area contributed by atoms with Gasteiger partial charge in [-0.15, -0.1) is 11.3 Å². The first kappa shape index (κ1) is 10.6. The van der Waals surface area contributed by atoms with Crippen molar-refractivity contribution in [3.63, 3.8) is 0 Å². The van der Waals surface area contributed by atoms with Crippen molar-refractivity contribution < 1.29 is 4.79 Å². The first-order valence-electron chi connectivity index (χ1n) is 5.28. The number of likely N-dealkylation sites (tertiary alicyclic amines) is 1. The summed E-state index contributed by atoms with van der Waals surface area (Å²) in [6.07, 6.45) is 0.982. The first-order valence-corrected chi connectivity index (χ1v) is 6.16. The molecule has 1 atom stereocenters. The van der Waals surface area contributed by atoms with Crippen LogP contribution >= 0.6 is 11.3 Å². The van der Waals surface area contributed by atoms with E-state index in [0.717, 1.165) is 18.0 Å². The number of carbonyl (C=O) groups is 1. The zero-order valence-electron chi connectivity index (χ0n) is 9.06. The van der Waals surface area contributed by atoms with E-state index in [1.807, 2.05) is 17.5 Å². The Kier molecular flexibility index (Phi) is 3.07. The molecule has 0 bridgehead atoms. The predicted octanol–water partition coefficient (Wildman–Crippen LogP) is 2.17. The third-order valence-electron chi connectivity index (χ3n) is 2.79. The van der Waals surface area contributed by atoms with Crippen LogP contribution in [0.25, 0.3) is 0 Å². The van der Waals surface area contributed by atoms with Crippen LogP contribution in [-0.2, 0) is 4.79 Å². The predicted molar refractivity (Wildman–Crippen MR) is 63.2 cm³/mol. The molecular formula is C11H16N2OS. The summed E-state index contributed by atoms with van der Waals surface area (Å²) in [5.41, 5.74) is 0. The van der Waals surface area contributed by atoms with Crippen LogP contribution in [0.3, 0.4) is 0 Å². The summed E-state index contributed by atoms with van der Waals surface area (Å²) in [4.78, 5) is 14.1. The molecule has 1 aliphatic rings. The standard InChI is InChI=1S/C11H16N2OS/c1-8(2)13-6-5-9(13)11(14)12-10-4-3-7-15-10/h3-4,7-9H,5-6H2,1-2H3,(H,12,14)/t9-/m0/s1. The number of hydrogen-bond acceptors (Lipinski definition) is 3. The topological polar surface area (TPSA) is 32.3 Å². The molecule has 0 aliphatic carbocycles. The van der Waals surface area contributed by atoms with Crippen LogP contribution in [-0.4, -0.2) is 29.4 Å². The zero-order chi connectivity index (χ0) is 10.8. The summed E-state index contributed by atoms with van der Waals surface area (Å²) >= 11 is 1.56. The highest BCUT2D eigenvalue weighted by Crippen LogP contribution is 2.23. The summed E-state index contributed by atoms with van der Waals surface area (Å²) in [5.74, 6) is 0.136.